The molecule has 1 aromatic heterocycles. The van der Waals surface area contributed by atoms with Gasteiger partial charge in [-0.15, -0.1) is 0 Å². The van der Waals surface area contributed by atoms with Crippen molar-refractivity contribution in [2.75, 3.05) is 13.7 Å². The number of nitrogens with one attached hydrogen (secondary N) is 1. The number of rotatable bonds is 2. The van der Waals surface area contributed by atoms with Crippen molar-refractivity contribution < 1.29 is 4.74 Å². The van der Waals surface area contributed by atoms with E-state index >= 15 is 0 Å². The molecule has 0 atom stereocenters. The minimum absolute atomic E-state index is 0.784. The fourth-order valence-electron chi connectivity index (χ4n) is 1.93. The van der Waals surface area contributed by atoms with E-state index in [1.807, 2.05) is 28.9 Å². The lowest BCUT2D eigenvalue weighted by molar-refractivity contribution is 0.415. The number of benzene rings is 1. The van der Waals surface area contributed by atoms with E-state index in [1.54, 1.807) is 7.11 Å². The van der Waals surface area contributed by atoms with Gasteiger partial charge in [-0.3, -0.25) is 0 Å². The smallest absolute Gasteiger partial charge is 0.181 e. The van der Waals surface area contributed by atoms with Gasteiger partial charge in [0.25, 0.3) is 0 Å². The lowest BCUT2D eigenvalue weighted by Gasteiger charge is -2.11. The SMILES string of the molecule is COc1ccc(-c2nc3n(n2)CCNC3)cc1. The van der Waals surface area contributed by atoms with E-state index in [2.05, 4.69) is 15.4 Å². The van der Waals surface area contributed by atoms with Crippen molar-refractivity contribution in [1.82, 2.24) is 20.1 Å². The van der Waals surface area contributed by atoms with Crippen LogP contribution in [0.2, 0.25) is 0 Å². The zero-order chi connectivity index (χ0) is 11.7. The van der Waals surface area contributed by atoms with Crippen LogP contribution in [0.1, 0.15) is 5.82 Å². The van der Waals surface area contributed by atoms with Crippen LogP contribution in [0.25, 0.3) is 11.4 Å². The summed E-state index contributed by atoms with van der Waals surface area (Å²) >= 11 is 0. The highest BCUT2D eigenvalue weighted by Crippen LogP contribution is 2.20. The molecular formula is C12H14N4O. The summed E-state index contributed by atoms with van der Waals surface area (Å²) in [5, 5.41) is 7.78. The Morgan fingerprint density at radius 3 is 2.82 bits per heavy atom. The molecule has 1 aliphatic heterocycles. The van der Waals surface area contributed by atoms with Gasteiger partial charge in [-0.1, -0.05) is 0 Å². The van der Waals surface area contributed by atoms with Crippen molar-refractivity contribution in [3.05, 3.63) is 30.1 Å². The summed E-state index contributed by atoms with van der Waals surface area (Å²) in [5.74, 6) is 2.63. The van der Waals surface area contributed by atoms with E-state index in [1.165, 1.54) is 0 Å². The van der Waals surface area contributed by atoms with E-state index in [9.17, 15) is 0 Å². The number of methoxy groups -OCH3 is 1. The minimum atomic E-state index is 0.784. The second-order valence-corrected chi connectivity index (χ2v) is 3.98. The van der Waals surface area contributed by atoms with E-state index in [-0.39, 0.29) is 0 Å². The Morgan fingerprint density at radius 2 is 2.12 bits per heavy atom. The average molecular weight is 230 g/mol. The summed E-state index contributed by atoms with van der Waals surface area (Å²) in [6.45, 7) is 2.64. The molecule has 0 amide bonds. The number of aromatic nitrogens is 3. The molecule has 2 aromatic rings. The molecule has 0 bridgehead atoms. The molecule has 17 heavy (non-hydrogen) atoms. The van der Waals surface area contributed by atoms with Crippen LogP contribution >= 0.6 is 0 Å². The molecule has 0 aliphatic carbocycles. The Kier molecular flexibility index (Phi) is 2.53. The second-order valence-electron chi connectivity index (χ2n) is 3.98. The molecule has 0 unspecified atom stereocenters. The highest BCUT2D eigenvalue weighted by molar-refractivity contribution is 5.55. The van der Waals surface area contributed by atoms with Gasteiger partial charge in [-0.05, 0) is 24.3 Å². The van der Waals surface area contributed by atoms with Crippen molar-refractivity contribution in [3.8, 4) is 17.1 Å². The Morgan fingerprint density at radius 1 is 1.29 bits per heavy atom. The topological polar surface area (TPSA) is 52.0 Å². The Hall–Kier alpha value is -1.88. The third kappa shape index (κ3) is 1.89. The van der Waals surface area contributed by atoms with Crippen LogP contribution in [-0.4, -0.2) is 28.4 Å². The number of fused-ring (bicyclic) bond motifs is 1. The number of hydrogen-bond acceptors (Lipinski definition) is 4. The first-order chi connectivity index (χ1) is 8.36. The number of ether oxygens (including phenoxy) is 1. The van der Waals surface area contributed by atoms with E-state index in [0.717, 1.165) is 42.6 Å². The van der Waals surface area contributed by atoms with Crippen molar-refractivity contribution in [2.45, 2.75) is 13.1 Å². The highest BCUT2D eigenvalue weighted by Gasteiger charge is 2.14. The van der Waals surface area contributed by atoms with E-state index in [0.29, 0.717) is 0 Å². The summed E-state index contributed by atoms with van der Waals surface area (Å²) in [6, 6.07) is 7.81. The molecule has 2 heterocycles. The lowest BCUT2D eigenvalue weighted by atomic mass is 10.2. The molecule has 5 nitrogen and oxygen atoms in total. The predicted octanol–water partition coefficient (Wildman–Crippen LogP) is 1.06. The first-order valence-electron chi connectivity index (χ1n) is 5.66. The van der Waals surface area contributed by atoms with E-state index in [4.69, 9.17) is 4.74 Å². The van der Waals surface area contributed by atoms with Crippen LogP contribution in [-0.2, 0) is 13.1 Å². The molecule has 1 N–H and O–H groups in total. The molecular weight excluding hydrogens is 216 g/mol. The largest absolute Gasteiger partial charge is 0.497 e. The van der Waals surface area contributed by atoms with Gasteiger partial charge in [0.05, 0.1) is 20.2 Å². The van der Waals surface area contributed by atoms with Gasteiger partial charge in [0, 0.05) is 12.1 Å². The first kappa shape index (κ1) is 10.3. The minimum Gasteiger partial charge on any atom is -0.497 e. The molecule has 0 spiro atoms. The van der Waals surface area contributed by atoms with Gasteiger partial charge in [-0.25, -0.2) is 9.67 Å². The molecule has 5 heteroatoms. The van der Waals surface area contributed by atoms with Gasteiger partial charge >= 0.3 is 0 Å². The summed E-state index contributed by atoms with van der Waals surface area (Å²) in [5.41, 5.74) is 1.02. The normalized spacial score (nSPS) is 14.4. The maximum absolute atomic E-state index is 5.13. The van der Waals surface area contributed by atoms with Crippen LogP contribution in [0.15, 0.2) is 24.3 Å². The van der Waals surface area contributed by atoms with Gasteiger partial charge in [-0.2, -0.15) is 5.10 Å². The highest BCUT2D eigenvalue weighted by atomic mass is 16.5. The summed E-state index contributed by atoms with van der Waals surface area (Å²) in [6.07, 6.45) is 0. The van der Waals surface area contributed by atoms with Crippen molar-refractivity contribution >= 4 is 0 Å². The van der Waals surface area contributed by atoms with Crippen LogP contribution in [0, 0.1) is 0 Å². The zero-order valence-electron chi connectivity index (χ0n) is 9.68. The second kappa shape index (κ2) is 4.18. The number of hydrogen-bond donors (Lipinski definition) is 1. The standard InChI is InChI=1S/C12H14N4O/c1-17-10-4-2-9(3-5-10)12-14-11-8-13-6-7-16(11)15-12/h2-5,13H,6-8H2,1H3. The van der Waals surface area contributed by atoms with Gasteiger partial charge < -0.3 is 10.1 Å². The third-order valence-electron chi connectivity index (χ3n) is 2.88. The first-order valence-corrected chi connectivity index (χ1v) is 5.66. The molecule has 0 saturated heterocycles. The average Bonchev–Trinajstić information content (AvgIpc) is 2.82. The van der Waals surface area contributed by atoms with E-state index < -0.39 is 0 Å². The molecule has 0 saturated carbocycles. The van der Waals surface area contributed by atoms with Crippen LogP contribution in [0.5, 0.6) is 5.75 Å². The molecule has 1 aromatic carbocycles. The summed E-state index contributed by atoms with van der Waals surface area (Å²) in [7, 11) is 1.66. The number of nitrogens with zero attached hydrogens (tertiary/aromatic N) is 3. The fraction of sp³-hybridized carbons (Fsp3) is 0.333. The maximum Gasteiger partial charge on any atom is 0.181 e. The van der Waals surface area contributed by atoms with Gasteiger partial charge in [0.2, 0.25) is 0 Å². The van der Waals surface area contributed by atoms with Gasteiger partial charge in [0.1, 0.15) is 11.6 Å². The summed E-state index contributed by atoms with van der Waals surface area (Å²) in [4.78, 5) is 4.53. The molecule has 1 aliphatic rings. The maximum atomic E-state index is 5.13. The molecule has 0 fully saturated rings. The Bertz CT molecular complexity index is 494. The predicted molar refractivity (Wildman–Crippen MR) is 63.7 cm³/mol. The quantitative estimate of drug-likeness (QED) is 0.838. The van der Waals surface area contributed by atoms with Crippen LogP contribution < -0.4 is 10.1 Å². The van der Waals surface area contributed by atoms with Crippen molar-refractivity contribution in [1.29, 1.82) is 0 Å². The van der Waals surface area contributed by atoms with Crippen molar-refractivity contribution in [2.24, 2.45) is 0 Å². The van der Waals surface area contributed by atoms with Crippen LogP contribution in [0.4, 0.5) is 0 Å². The van der Waals surface area contributed by atoms with Gasteiger partial charge in [0.15, 0.2) is 5.82 Å². The third-order valence-corrected chi connectivity index (χ3v) is 2.88. The van der Waals surface area contributed by atoms with Crippen molar-refractivity contribution in [3.63, 3.8) is 0 Å². The molecule has 3 rings (SSSR count). The Balaban J connectivity index is 1.94. The fourth-order valence-corrected chi connectivity index (χ4v) is 1.93. The Labute approximate surface area is 99.4 Å². The summed E-state index contributed by atoms with van der Waals surface area (Å²) < 4.78 is 7.10. The molecule has 88 valence electrons. The lowest BCUT2D eigenvalue weighted by Crippen LogP contribution is -2.28. The monoisotopic (exact) mass is 230 g/mol. The zero-order valence-corrected chi connectivity index (χ0v) is 9.68. The molecule has 0 radical (unpaired) electrons. The van der Waals surface area contributed by atoms with Crippen LogP contribution in [0.3, 0.4) is 0 Å².